The molecule has 0 bridgehead atoms. The molecule has 0 aliphatic heterocycles. The van der Waals surface area contributed by atoms with Gasteiger partial charge < -0.3 is 9.47 Å². The predicted molar refractivity (Wildman–Crippen MR) is 72.3 cm³/mol. The minimum Gasteiger partial charge on any atom is -0.490 e. The number of hydrogen-bond acceptors (Lipinski definition) is 5. The molecule has 1 aliphatic rings. The quantitative estimate of drug-likeness (QED) is 0.484. The number of benzene rings is 1. The zero-order chi connectivity index (χ0) is 16.3. The number of alkyl halides is 2. The summed E-state index contributed by atoms with van der Waals surface area (Å²) in [5, 5.41) is 10.9. The maximum Gasteiger partial charge on any atom is 0.338 e. The Kier molecular flexibility index (Phi) is 4.58. The third kappa shape index (κ3) is 3.90. The molecule has 1 aliphatic carbocycles. The second-order valence-electron chi connectivity index (χ2n) is 5.14. The van der Waals surface area contributed by atoms with E-state index in [1.54, 1.807) is 0 Å². The van der Waals surface area contributed by atoms with Crippen LogP contribution in [-0.4, -0.2) is 30.0 Å². The first-order valence-electron chi connectivity index (χ1n) is 6.73. The fraction of sp³-hybridized carbons (Fsp3) is 0.500. The van der Waals surface area contributed by atoms with Crippen LogP contribution in [0.5, 0.6) is 5.75 Å². The number of halogens is 2. The summed E-state index contributed by atoms with van der Waals surface area (Å²) in [5.41, 5.74) is -0.341. The van der Waals surface area contributed by atoms with E-state index in [1.807, 2.05) is 0 Å². The summed E-state index contributed by atoms with van der Waals surface area (Å²) < 4.78 is 36.2. The Labute approximate surface area is 125 Å². The summed E-state index contributed by atoms with van der Waals surface area (Å²) in [6.45, 7) is 0. The van der Waals surface area contributed by atoms with Gasteiger partial charge in [-0.1, -0.05) is 0 Å². The fourth-order valence-electron chi connectivity index (χ4n) is 2.32. The molecule has 22 heavy (non-hydrogen) atoms. The van der Waals surface area contributed by atoms with Gasteiger partial charge in [-0.2, -0.15) is 0 Å². The Bertz CT molecular complexity index is 581. The van der Waals surface area contributed by atoms with Crippen LogP contribution in [0.25, 0.3) is 0 Å². The zero-order valence-corrected chi connectivity index (χ0v) is 11.9. The van der Waals surface area contributed by atoms with Gasteiger partial charge in [0.15, 0.2) is 0 Å². The minimum atomic E-state index is -2.68. The van der Waals surface area contributed by atoms with Gasteiger partial charge >= 0.3 is 5.97 Å². The lowest BCUT2D eigenvalue weighted by Gasteiger charge is -2.28. The number of nitro benzene ring substituents is 1. The van der Waals surface area contributed by atoms with Crippen LogP contribution >= 0.6 is 0 Å². The van der Waals surface area contributed by atoms with E-state index in [0.717, 1.165) is 13.2 Å². The average Bonchev–Trinajstić information content (AvgIpc) is 2.48. The molecule has 8 heteroatoms. The van der Waals surface area contributed by atoms with Gasteiger partial charge in [-0.25, -0.2) is 13.6 Å². The fourth-order valence-corrected chi connectivity index (χ4v) is 2.32. The van der Waals surface area contributed by atoms with Crippen LogP contribution in [0.4, 0.5) is 14.5 Å². The first kappa shape index (κ1) is 16.1. The van der Waals surface area contributed by atoms with E-state index in [4.69, 9.17) is 4.74 Å². The van der Waals surface area contributed by atoms with Crippen molar-refractivity contribution in [3.63, 3.8) is 0 Å². The molecule has 2 rings (SSSR count). The van der Waals surface area contributed by atoms with E-state index in [9.17, 15) is 23.7 Å². The lowest BCUT2D eigenvalue weighted by Crippen LogP contribution is -2.30. The molecule has 1 aromatic rings. The minimum absolute atomic E-state index is 0.0205. The van der Waals surface area contributed by atoms with Crippen molar-refractivity contribution in [1.29, 1.82) is 0 Å². The van der Waals surface area contributed by atoms with Crippen LogP contribution in [0.15, 0.2) is 18.2 Å². The number of nitro groups is 1. The summed E-state index contributed by atoms with van der Waals surface area (Å²) >= 11 is 0. The standard InChI is InChI=1S/C14H15F2NO5/c1-21-13(18)9-6-10(17(19)20)8-12(7-9)22-11-2-4-14(15,16)5-3-11/h6-8,11H,2-5H2,1H3. The molecule has 0 unspecified atom stereocenters. The Balaban J connectivity index is 2.18. The zero-order valence-electron chi connectivity index (χ0n) is 11.9. The molecule has 1 fully saturated rings. The summed E-state index contributed by atoms with van der Waals surface area (Å²) in [6.07, 6.45) is -0.702. The summed E-state index contributed by atoms with van der Waals surface area (Å²) in [6, 6.07) is 3.55. The number of nitrogens with zero attached hydrogens (tertiary/aromatic N) is 1. The maximum atomic E-state index is 13.1. The topological polar surface area (TPSA) is 78.7 Å². The smallest absolute Gasteiger partial charge is 0.338 e. The molecule has 6 nitrogen and oxygen atoms in total. The number of methoxy groups -OCH3 is 1. The molecular weight excluding hydrogens is 300 g/mol. The third-order valence-electron chi connectivity index (χ3n) is 3.49. The Morgan fingerprint density at radius 1 is 1.32 bits per heavy atom. The van der Waals surface area contributed by atoms with Crippen molar-refractivity contribution >= 4 is 11.7 Å². The number of non-ortho nitro benzene ring substituents is 1. The van der Waals surface area contributed by atoms with E-state index in [-0.39, 0.29) is 42.7 Å². The number of esters is 1. The normalized spacial score (nSPS) is 17.8. The van der Waals surface area contributed by atoms with Gasteiger partial charge in [-0.3, -0.25) is 10.1 Å². The van der Waals surface area contributed by atoms with Crippen molar-refractivity contribution in [2.24, 2.45) is 0 Å². The second kappa shape index (κ2) is 6.25. The molecule has 0 amide bonds. The van der Waals surface area contributed by atoms with Gasteiger partial charge in [0, 0.05) is 18.9 Å². The Hall–Kier alpha value is -2.25. The van der Waals surface area contributed by atoms with Crippen LogP contribution in [-0.2, 0) is 4.74 Å². The molecule has 0 spiro atoms. The molecular formula is C14H15F2NO5. The predicted octanol–water partition coefficient (Wildman–Crippen LogP) is 3.34. The monoisotopic (exact) mass is 315 g/mol. The van der Waals surface area contributed by atoms with Gasteiger partial charge in [0.05, 0.1) is 29.8 Å². The molecule has 0 aromatic heterocycles. The van der Waals surface area contributed by atoms with Gasteiger partial charge in [0.25, 0.3) is 5.69 Å². The first-order chi connectivity index (χ1) is 10.3. The number of carbonyl (C=O) groups is 1. The lowest BCUT2D eigenvalue weighted by molar-refractivity contribution is -0.385. The number of hydrogen-bond donors (Lipinski definition) is 0. The summed E-state index contributed by atoms with van der Waals surface area (Å²) in [5.74, 6) is -3.31. The number of carbonyl (C=O) groups excluding carboxylic acids is 1. The van der Waals surface area contributed by atoms with E-state index in [2.05, 4.69) is 4.74 Å². The molecule has 0 radical (unpaired) electrons. The van der Waals surface area contributed by atoms with Gasteiger partial charge in [-0.15, -0.1) is 0 Å². The highest BCUT2D eigenvalue weighted by molar-refractivity contribution is 5.90. The first-order valence-corrected chi connectivity index (χ1v) is 6.73. The number of rotatable bonds is 4. The van der Waals surface area contributed by atoms with Crippen LogP contribution in [0.1, 0.15) is 36.0 Å². The Morgan fingerprint density at radius 3 is 2.50 bits per heavy atom. The summed E-state index contributed by atoms with van der Waals surface area (Å²) in [4.78, 5) is 21.8. The van der Waals surface area contributed by atoms with Crippen LogP contribution in [0.2, 0.25) is 0 Å². The van der Waals surface area contributed by atoms with Crippen LogP contribution in [0, 0.1) is 10.1 Å². The maximum absolute atomic E-state index is 13.1. The van der Waals surface area contributed by atoms with Crippen molar-refractivity contribution in [2.75, 3.05) is 7.11 Å². The highest BCUT2D eigenvalue weighted by Crippen LogP contribution is 2.35. The van der Waals surface area contributed by atoms with Crippen molar-refractivity contribution in [3.05, 3.63) is 33.9 Å². The van der Waals surface area contributed by atoms with Gasteiger partial charge in [0.2, 0.25) is 5.92 Å². The summed E-state index contributed by atoms with van der Waals surface area (Å²) in [7, 11) is 1.16. The largest absolute Gasteiger partial charge is 0.490 e. The van der Waals surface area contributed by atoms with E-state index >= 15 is 0 Å². The Morgan fingerprint density at radius 2 is 1.95 bits per heavy atom. The van der Waals surface area contributed by atoms with Gasteiger partial charge in [-0.05, 0) is 18.9 Å². The second-order valence-corrected chi connectivity index (χ2v) is 5.14. The van der Waals surface area contributed by atoms with Crippen molar-refractivity contribution in [2.45, 2.75) is 37.7 Å². The third-order valence-corrected chi connectivity index (χ3v) is 3.49. The molecule has 120 valence electrons. The molecule has 0 heterocycles. The number of ether oxygens (including phenoxy) is 2. The van der Waals surface area contributed by atoms with E-state index in [0.29, 0.717) is 0 Å². The molecule has 0 saturated heterocycles. The van der Waals surface area contributed by atoms with Crippen molar-refractivity contribution in [1.82, 2.24) is 0 Å². The average molecular weight is 315 g/mol. The van der Waals surface area contributed by atoms with E-state index < -0.39 is 22.9 Å². The highest BCUT2D eigenvalue weighted by atomic mass is 19.3. The van der Waals surface area contributed by atoms with Gasteiger partial charge in [0.1, 0.15) is 5.75 Å². The van der Waals surface area contributed by atoms with Crippen LogP contribution < -0.4 is 4.74 Å². The molecule has 1 aromatic carbocycles. The van der Waals surface area contributed by atoms with Crippen molar-refractivity contribution < 1.29 is 28.0 Å². The van der Waals surface area contributed by atoms with E-state index in [1.165, 1.54) is 12.1 Å². The highest BCUT2D eigenvalue weighted by Gasteiger charge is 2.35. The molecule has 0 atom stereocenters. The molecule has 0 N–H and O–H groups in total. The molecule has 1 saturated carbocycles. The van der Waals surface area contributed by atoms with Crippen LogP contribution in [0.3, 0.4) is 0 Å². The van der Waals surface area contributed by atoms with Crippen molar-refractivity contribution in [3.8, 4) is 5.75 Å². The lowest BCUT2D eigenvalue weighted by atomic mass is 9.94. The SMILES string of the molecule is COC(=O)c1cc(OC2CCC(F)(F)CC2)cc([N+](=O)[O-])c1.